The monoisotopic (exact) mass is 261 g/mol. The van der Waals surface area contributed by atoms with E-state index in [1.165, 1.54) is 0 Å². The molecule has 1 aromatic heterocycles. The molecule has 5 heteroatoms. The molecule has 18 heavy (non-hydrogen) atoms. The van der Waals surface area contributed by atoms with E-state index in [4.69, 9.17) is 0 Å². The van der Waals surface area contributed by atoms with E-state index in [9.17, 15) is 4.79 Å². The van der Waals surface area contributed by atoms with Gasteiger partial charge in [-0.15, -0.1) is 0 Å². The van der Waals surface area contributed by atoms with Crippen molar-refractivity contribution in [2.45, 2.75) is 12.2 Å². The first-order valence-corrected chi connectivity index (χ1v) is 7.13. The first-order chi connectivity index (χ1) is 8.74. The minimum Gasteiger partial charge on any atom is -0.345 e. The Morgan fingerprint density at radius 1 is 1.56 bits per heavy atom. The summed E-state index contributed by atoms with van der Waals surface area (Å²) in [5, 5.41) is 0.526. The molecule has 1 unspecified atom stereocenters. The van der Waals surface area contributed by atoms with Gasteiger partial charge in [0.1, 0.15) is 0 Å². The molecule has 0 saturated carbocycles. The third kappa shape index (κ3) is 2.10. The molecule has 0 spiro atoms. The van der Waals surface area contributed by atoms with Crippen LogP contribution < -0.4 is 0 Å². The number of fused-ring (bicyclic) bond motifs is 1. The summed E-state index contributed by atoms with van der Waals surface area (Å²) in [6, 6.07) is 5.64. The lowest BCUT2D eigenvalue weighted by Crippen LogP contribution is -2.41. The highest BCUT2D eigenvalue weighted by molar-refractivity contribution is 7.99. The summed E-state index contributed by atoms with van der Waals surface area (Å²) in [4.78, 5) is 21.5. The lowest BCUT2D eigenvalue weighted by Gasteiger charge is -2.30. The first kappa shape index (κ1) is 11.6. The molecule has 1 N–H and O–H groups in total. The normalized spacial score (nSPS) is 20.3. The fraction of sp³-hybridized carbons (Fsp3) is 0.385. The molecule has 4 nitrogen and oxygen atoms in total. The number of hydrogen-bond donors (Lipinski definition) is 1. The van der Waals surface area contributed by atoms with Crippen molar-refractivity contribution in [1.82, 2.24) is 14.9 Å². The molecule has 1 saturated heterocycles. The summed E-state index contributed by atoms with van der Waals surface area (Å²) in [6.45, 7) is 3.85. The minimum absolute atomic E-state index is 0.124. The van der Waals surface area contributed by atoms with Crippen LogP contribution in [0.4, 0.5) is 0 Å². The number of carbonyl (C=O) groups is 1. The van der Waals surface area contributed by atoms with Crippen LogP contribution in [0.3, 0.4) is 0 Å². The number of nitrogens with zero attached hydrogens (tertiary/aromatic N) is 2. The van der Waals surface area contributed by atoms with Gasteiger partial charge in [-0.2, -0.15) is 11.8 Å². The molecule has 1 aliphatic rings. The number of benzene rings is 1. The molecule has 0 radical (unpaired) electrons. The zero-order chi connectivity index (χ0) is 12.5. The third-order valence-electron chi connectivity index (χ3n) is 3.20. The average molecular weight is 261 g/mol. The van der Waals surface area contributed by atoms with E-state index in [-0.39, 0.29) is 5.91 Å². The van der Waals surface area contributed by atoms with E-state index in [1.807, 2.05) is 34.9 Å². The van der Waals surface area contributed by atoms with Gasteiger partial charge in [0.2, 0.25) is 0 Å². The number of aromatic amines is 1. The summed E-state index contributed by atoms with van der Waals surface area (Å²) in [5.41, 5.74) is 2.56. The van der Waals surface area contributed by atoms with Crippen molar-refractivity contribution in [2.24, 2.45) is 0 Å². The molecular weight excluding hydrogens is 246 g/mol. The summed E-state index contributed by atoms with van der Waals surface area (Å²) in [6.07, 6.45) is 1.65. The second-order valence-electron chi connectivity index (χ2n) is 4.57. The highest BCUT2D eigenvalue weighted by Crippen LogP contribution is 2.20. The molecule has 2 aromatic rings. The van der Waals surface area contributed by atoms with Gasteiger partial charge in [-0.3, -0.25) is 4.79 Å². The van der Waals surface area contributed by atoms with Gasteiger partial charge in [0.25, 0.3) is 5.91 Å². The van der Waals surface area contributed by atoms with Gasteiger partial charge in [0, 0.05) is 29.7 Å². The van der Waals surface area contributed by atoms with E-state index in [0.29, 0.717) is 5.25 Å². The fourth-order valence-electron chi connectivity index (χ4n) is 2.25. The second kappa shape index (κ2) is 4.65. The standard InChI is InChI=1S/C13H15N3OS/c1-9-7-16(4-5-18-9)13(17)10-2-3-11-12(6-10)15-8-14-11/h2-3,6,8-9H,4-5,7H2,1H3,(H,14,15). The SMILES string of the molecule is CC1CN(C(=O)c2ccc3nc[nH]c3c2)CCS1. The van der Waals surface area contributed by atoms with Crippen LogP contribution in [0.1, 0.15) is 17.3 Å². The van der Waals surface area contributed by atoms with E-state index in [1.54, 1.807) is 6.33 Å². The molecule has 0 bridgehead atoms. The van der Waals surface area contributed by atoms with Crippen LogP contribution in [-0.2, 0) is 0 Å². The number of aromatic nitrogens is 2. The number of carbonyl (C=O) groups excluding carboxylic acids is 1. The number of amides is 1. The van der Waals surface area contributed by atoms with Gasteiger partial charge in [-0.1, -0.05) is 6.92 Å². The maximum Gasteiger partial charge on any atom is 0.253 e. The van der Waals surface area contributed by atoms with Crippen molar-refractivity contribution < 1.29 is 4.79 Å². The van der Waals surface area contributed by atoms with Gasteiger partial charge in [0.15, 0.2) is 0 Å². The maximum atomic E-state index is 12.4. The number of hydrogen-bond acceptors (Lipinski definition) is 3. The van der Waals surface area contributed by atoms with Crippen molar-refractivity contribution in [3.63, 3.8) is 0 Å². The first-order valence-electron chi connectivity index (χ1n) is 6.08. The Labute approximate surface area is 110 Å². The molecule has 1 fully saturated rings. The largest absolute Gasteiger partial charge is 0.345 e. The molecule has 1 aromatic carbocycles. The highest BCUT2D eigenvalue weighted by atomic mass is 32.2. The van der Waals surface area contributed by atoms with Gasteiger partial charge in [-0.25, -0.2) is 4.98 Å². The Hall–Kier alpha value is -1.49. The van der Waals surface area contributed by atoms with E-state index in [2.05, 4.69) is 16.9 Å². The van der Waals surface area contributed by atoms with E-state index in [0.717, 1.165) is 35.4 Å². The average Bonchev–Trinajstić information content (AvgIpc) is 2.85. The van der Waals surface area contributed by atoms with E-state index >= 15 is 0 Å². The Balaban J connectivity index is 1.86. The van der Waals surface area contributed by atoms with Gasteiger partial charge in [0.05, 0.1) is 17.4 Å². The van der Waals surface area contributed by atoms with Crippen molar-refractivity contribution >= 4 is 28.7 Å². The summed E-state index contributed by atoms with van der Waals surface area (Å²) in [7, 11) is 0. The molecule has 0 aliphatic carbocycles. The van der Waals surface area contributed by atoms with Crippen molar-refractivity contribution in [2.75, 3.05) is 18.8 Å². The predicted molar refractivity (Wildman–Crippen MR) is 73.9 cm³/mol. The highest BCUT2D eigenvalue weighted by Gasteiger charge is 2.22. The fourth-order valence-corrected chi connectivity index (χ4v) is 3.27. The number of H-pyrrole nitrogens is 1. The van der Waals surface area contributed by atoms with Crippen molar-refractivity contribution in [3.8, 4) is 0 Å². The van der Waals surface area contributed by atoms with E-state index < -0.39 is 0 Å². The Morgan fingerprint density at radius 3 is 3.28 bits per heavy atom. The Bertz CT molecular complexity index is 580. The molecule has 2 heterocycles. The van der Waals surface area contributed by atoms with Gasteiger partial charge < -0.3 is 9.88 Å². The van der Waals surface area contributed by atoms with Crippen LogP contribution in [0.15, 0.2) is 24.5 Å². The second-order valence-corrected chi connectivity index (χ2v) is 6.11. The smallest absolute Gasteiger partial charge is 0.253 e. The number of thioether (sulfide) groups is 1. The molecule has 1 amide bonds. The van der Waals surface area contributed by atoms with Crippen LogP contribution >= 0.6 is 11.8 Å². The van der Waals surface area contributed by atoms with Crippen LogP contribution in [0, 0.1) is 0 Å². The van der Waals surface area contributed by atoms with Crippen molar-refractivity contribution in [3.05, 3.63) is 30.1 Å². The lowest BCUT2D eigenvalue weighted by atomic mass is 10.1. The number of nitrogens with one attached hydrogen (secondary N) is 1. The molecule has 1 aliphatic heterocycles. The Morgan fingerprint density at radius 2 is 2.44 bits per heavy atom. The zero-order valence-corrected chi connectivity index (χ0v) is 11.0. The number of imidazole rings is 1. The maximum absolute atomic E-state index is 12.4. The van der Waals surface area contributed by atoms with Crippen LogP contribution in [0.2, 0.25) is 0 Å². The molecule has 3 rings (SSSR count). The Kier molecular flexibility index (Phi) is 2.99. The topological polar surface area (TPSA) is 49.0 Å². The molecular formula is C13H15N3OS. The number of rotatable bonds is 1. The van der Waals surface area contributed by atoms with Gasteiger partial charge >= 0.3 is 0 Å². The predicted octanol–water partition coefficient (Wildman–Crippen LogP) is 2.14. The van der Waals surface area contributed by atoms with Crippen LogP contribution in [0.5, 0.6) is 0 Å². The quantitative estimate of drug-likeness (QED) is 0.855. The zero-order valence-electron chi connectivity index (χ0n) is 10.2. The molecule has 94 valence electrons. The third-order valence-corrected chi connectivity index (χ3v) is 4.33. The summed E-state index contributed by atoms with van der Waals surface area (Å²) in [5.74, 6) is 1.15. The summed E-state index contributed by atoms with van der Waals surface area (Å²) < 4.78 is 0. The minimum atomic E-state index is 0.124. The lowest BCUT2D eigenvalue weighted by molar-refractivity contribution is 0.0763. The van der Waals surface area contributed by atoms with Crippen LogP contribution in [0.25, 0.3) is 11.0 Å². The summed E-state index contributed by atoms with van der Waals surface area (Å²) >= 11 is 1.93. The van der Waals surface area contributed by atoms with Crippen LogP contribution in [-0.4, -0.2) is 44.9 Å². The van der Waals surface area contributed by atoms with Crippen molar-refractivity contribution in [1.29, 1.82) is 0 Å². The molecule has 1 atom stereocenters. The van der Waals surface area contributed by atoms with Gasteiger partial charge in [-0.05, 0) is 18.2 Å².